The highest BCUT2D eigenvalue weighted by Gasteiger charge is 2.40. The number of carboxylic acids is 1. The molecule has 1 unspecified atom stereocenters. The smallest absolute Gasteiger partial charge is 0.307 e. The molecule has 2 aliphatic carbocycles. The number of hydrogen-bond acceptors (Lipinski definition) is 4. The molecule has 5 heteroatoms. The van der Waals surface area contributed by atoms with Gasteiger partial charge in [0.1, 0.15) is 0 Å². The Labute approximate surface area is 234 Å². The van der Waals surface area contributed by atoms with Crippen molar-refractivity contribution in [1.82, 2.24) is 4.98 Å². The van der Waals surface area contributed by atoms with Crippen LogP contribution in [0.3, 0.4) is 0 Å². The number of nitrogens with zero attached hydrogens (tertiary/aromatic N) is 2. The van der Waals surface area contributed by atoms with Crippen LogP contribution in [0.25, 0.3) is 16.7 Å². The molecule has 38 heavy (non-hydrogen) atoms. The number of benzene rings is 1. The van der Waals surface area contributed by atoms with Gasteiger partial charge < -0.3 is 9.41 Å². The van der Waals surface area contributed by atoms with E-state index < -0.39 is 5.97 Å². The minimum Gasteiger partial charge on any atom is -0.481 e. The van der Waals surface area contributed by atoms with Crippen LogP contribution < -0.4 is 4.31 Å². The molecule has 0 amide bonds. The molecule has 5 rings (SSSR count). The highest BCUT2D eigenvalue weighted by atomic mass is 32.2. The minimum absolute atomic E-state index is 0.0649. The Morgan fingerprint density at radius 1 is 1.21 bits per heavy atom. The first-order valence-corrected chi connectivity index (χ1v) is 14.7. The zero-order valence-electron chi connectivity index (χ0n) is 24.7. The average Bonchev–Trinajstić information content (AvgIpc) is 3.21. The van der Waals surface area contributed by atoms with Crippen molar-refractivity contribution >= 4 is 29.2 Å². The number of terminal acetylenes is 1. The Morgan fingerprint density at radius 3 is 2.37 bits per heavy atom. The first-order valence-electron chi connectivity index (χ1n) is 13.5. The fourth-order valence-electron chi connectivity index (χ4n) is 5.78. The van der Waals surface area contributed by atoms with Gasteiger partial charge in [0.15, 0.2) is 0 Å². The standard InChI is InChI=1S/C26H30N2O2S.C5H12.C2H2/c1-14-18(13-21(29)30)22(16-6-9-26(3,4)10-7-16)19-12-20-23-17(8-11-27-20)15(2)28(31-5)25(14)24(19)23;1-5(2,3)4;1-2/h6,8,11,15H,7,9-10,12-13H2,1-5H3,(H,29,30);1-4H3;1-2H. The topological polar surface area (TPSA) is 53.4 Å². The highest BCUT2D eigenvalue weighted by molar-refractivity contribution is 8.00. The fraction of sp³-hybridized carbons (Fsp3) is 0.515. The van der Waals surface area contributed by atoms with E-state index in [-0.39, 0.29) is 12.5 Å². The van der Waals surface area contributed by atoms with E-state index in [2.05, 4.69) is 90.9 Å². The lowest BCUT2D eigenvalue weighted by Gasteiger charge is -2.39. The number of carboxylic acid groups (broad SMARTS) is 1. The summed E-state index contributed by atoms with van der Waals surface area (Å²) < 4.78 is 2.37. The van der Waals surface area contributed by atoms with Gasteiger partial charge in [0, 0.05) is 30.0 Å². The van der Waals surface area contributed by atoms with Crippen LogP contribution in [0.1, 0.15) is 107 Å². The number of rotatable bonds is 4. The third-order valence-corrected chi connectivity index (χ3v) is 8.34. The molecule has 0 saturated heterocycles. The largest absolute Gasteiger partial charge is 0.481 e. The third kappa shape index (κ3) is 5.81. The summed E-state index contributed by atoms with van der Waals surface area (Å²) in [5, 5.41) is 9.82. The van der Waals surface area contributed by atoms with Crippen LogP contribution in [0.4, 0.5) is 5.69 Å². The third-order valence-electron chi connectivity index (χ3n) is 7.45. The molecule has 0 spiro atoms. The predicted molar refractivity (Wildman–Crippen MR) is 164 cm³/mol. The average molecular weight is 533 g/mol. The second-order valence-corrected chi connectivity index (χ2v) is 13.7. The van der Waals surface area contributed by atoms with Crippen molar-refractivity contribution in [2.75, 3.05) is 10.6 Å². The number of pyridine rings is 1. The van der Waals surface area contributed by atoms with Gasteiger partial charge in [-0.1, -0.05) is 59.6 Å². The summed E-state index contributed by atoms with van der Waals surface area (Å²) in [6.07, 6.45) is 18.5. The highest BCUT2D eigenvalue weighted by Crippen LogP contribution is 2.57. The van der Waals surface area contributed by atoms with Crippen LogP contribution in [-0.2, 0) is 17.6 Å². The number of aromatic nitrogens is 1. The Morgan fingerprint density at radius 2 is 1.84 bits per heavy atom. The molecule has 0 fully saturated rings. The summed E-state index contributed by atoms with van der Waals surface area (Å²) >= 11 is 1.73. The van der Waals surface area contributed by atoms with Crippen molar-refractivity contribution in [1.29, 1.82) is 0 Å². The van der Waals surface area contributed by atoms with Crippen LogP contribution in [0.2, 0.25) is 0 Å². The number of allylic oxidation sites excluding steroid dienone is 2. The van der Waals surface area contributed by atoms with Crippen LogP contribution in [-0.4, -0.2) is 22.3 Å². The van der Waals surface area contributed by atoms with Crippen molar-refractivity contribution in [3.05, 3.63) is 51.9 Å². The SMILES string of the molecule is C#C.CC(C)(C)C.CSN1c2c(C)c(CC(=O)O)c(C3=CCC(C)(C)CC3)c3c2-c2c(ccnc2C3)C1C. The molecule has 4 nitrogen and oxygen atoms in total. The number of aliphatic carboxylic acids is 1. The van der Waals surface area contributed by atoms with Gasteiger partial charge in [0.2, 0.25) is 0 Å². The quantitative estimate of drug-likeness (QED) is 0.269. The molecule has 1 aliphatic heterocycles. The Hall–Kier alpha value is -2.71. The summed E-state index contributed by atoms with van der Waals surface area (Å²) in [5.74, 6) is -0.762. The fourth-order valence-corrected chi connectivity index (χ4v) is 6.62. The van der Waals surface area contributed by atoms with E-state index in [4.69, 9.17) is 4.98 Å². The molecule has 0 saturated carbocycles. The van der Waals surface area contributed by atoms with Crippen LogP contribution in [0, 0.1) is 30.6 Å². The summed E-state index contributed by atoms with van der Waals surface area (Å²) in [4.78, 5) is 16.7. The lowest BCUT2D eigenvalue weighted by Crippen LogP contribution is -2.26. The molecule has 1 atom stereocenters. The lowest BCUT2D eigenvalue weighted by atomic mass is 9.74. The first-order chi connectivity index (χ1) is 17.7. The zero-order chi connectivity index (χ0) is 28.6. The van der Waals surface area contributed by atoms with Gasteiger partial charge in [-0.3, -0.25) is 9.78 Å². The van der Waals surface area contributed by atoms with Gasteiger partial charge in [0.25, 0.3) is 0 Å². The van der Waals surface area contributed by atoms with Crippen molar-refractivity contribution in [2.24, 2.45) is 10.8 Å². The van der Waals surface area contributed by atoms with Gasteiger partial charge in [0.05, 0.1) is 23.8 Å². The molecule has 204 valence electrons. The molecule has 2 aromatic rings. The Kier molecular flexibility index (Phi) is 8.78. The van der Waals surface area contributed by atoms with Gasteiger partial charge >= 0.3 is 5.97 Å². The van der Waals surface area contributed by atoms with E-state index >= 15 is 0 Å². The van der Waals surface area contributed by atoms with Gasteiger partial charge in [-0.2, -0.15) is 0 Å². The lowest BCUT2D eigenvalue weighted by molar-refractivity contribution is -0.136. The van der Waals surface area contributed by atoms with E-state index in [1.807, 2.05) is 6.20 Å². The van der Waals surface area contributed by atoms with Crippen molar-refractivity contribution in [3.63, 3.8) is 0 Å². The van der Waals surface area contributed by atoms with Crippen LogP contribution >= 0.6 is 11.9 Å². The maximum absolute atomic E-state index is 12.0. The second kappa shape index (κ2) is 11.2. The molecule has 1 N–H and O–H groups in total. The zero-order valence-corrected chi connectivity index (χ0v) is 25.5. The number of hydrogen-bond donors (Lipinski definition) is 1. The monoisotopic (exact) mass is 532 g/mol. The van der Waals surface area contributed by atoms with Crippen molar-refractivity contribution in [2.45, 2.75) is 93.5 Å². The Balaban J connectivity index is 0.000000515. The van der Waals surface area contributed by atoms with E-state index in [9.17, 15) is 9.90 Å². The van der Waals surface area contributed by atoms with E-state index in [1.54, 1.807) is 11.9 Å². The molecule has 3 aliphatic rings. The summed E-state index contributed by atoms with van der Waals surface area (Å²) in [5.41, 5.74) is 13.0. The van der Waals surface area contributed by atoms with Crippen molar-refractivity contribution < 1.29 is 9.90 Å². The molecule has 0 bridgehead atoms. The molecule has 1 aromatic carbocycles. The molecular weight excluding hydrogens is 488 g/mol. The molecule has 1 aromatic heterocycles. The van der Waals surface area contributed by atoms with E-state index in [0.29, 0.717) is 10.8 Å². The molecular formula is C33H44N2O2S. The minimum atomic E-state index is -0.762. The number of anilines is 1. The van der Waals surface area contributed by atoms with Gasteiger partial charge in [-0.25, -0.2) is 0 Å². The Bertz CT molecular complexity index is 1270. The van der Waals surface area contributed by atoms with Gasteiger partial charge in [-0.15, -0.1) is 12.8 Å². The second-order valence-electron chi connectivity index (χ2n) is 12.9. The normalized spacial score (nSPS) is 18.3. The van der Waals surface area contributed by atoms with E-state index in [1.165, 1.54) is 39.1 Å². The van der Waals surface area contributed by atoms with Crippen molar-refractivity contribution in [3.8, 4) is 24.0 Å². The predicted octanol–water partition coefficient (Wildman–Crippen LogP) is 8.64. The van der Waals surface area contributed by atoms with E-state index in [0.717, 1.165) is 42.5 Å². The maximum Gasteiger partial charge on any atom is 0.307 e. The molecule has 0 radical (unpaired) electrons. The first kappa shape index (κ1) is 29.8. The summed E-state index contributed by atoms with van der Waals surface area (Å²) in [7, 11) is 0. The maximum atomic E-state index is 12.0. The number of carbonyl (C=O) groups is 1. The summed E-state index contributed by atoms with van der Waals surface area (Å²) in [6, 6.07) is 2.38. The van der Waals surface area contributed by atoms with Crippen LogP contribution in [0.15, 0.2) is 18.3 Å². The van der Waals surface area contributed by atoms with Gasteiger partial charge in [-0.05, 0) is 83.4 Å². The molecule has 2 heterocycles. The van der Waals surface area contributed by atoms with Crippen LogP contribution in [0.5, 0.6) is 0 Å². The summed E-state index contributed by atoms with van der Waals surface area (Å²) in [6.45, 7) is 17.8.